The minimum atomic E-state index is -0.352. The number of phenols is 1. The molecule has 0 saturated heterocycles. The molecule has 1 aliphatic carbocycles. The Bertz CT molecular complexity index is 452. The largest absolute Gasteiger partial charge is 0.508 e. The van der Waals surface area contributed by atoms with E-state index >= 15 is 0 Å². The third-order valence-corrected chi connectivity index (χ3v) is 3.39. The Balaban J connectivity index is 2.30. The van der Waals surface area contributed by atoms with E-state index < -0.39 is 0 Å². The van der Waals surface area contributed by atoms with Crippen molar-refractivity contribution in [3.63, 3.8) is 0 Å². The molecule has 90 valence electrons. The summed E-state index contributed by atoms with van der Waals surface area (Å²) in [6, 6.07) is 7.29. The average Bonchev–Trinajstić information content (AvgIpc) is 2.30. The highest BCUT2D eigenvalue weighted by Gasteiger charge is 2.25. The van der Waals surface area contributed by atoms with Gasteiger partial charge in [0.05, 0.1) is 6.10 Å². The van der Waals surface area contributed by atoms with Crippen molar-refractivity contribution in [1.29, 1.82) is 0 Å². The van der Waals surface area contributed by atoms with Crippen molar-refractivity contribution in [2.24, 2.45) is 0 Å². The second-order valence-corrected chi connectivity index (χ2v) is 4.99. The summed E-state index contributed by atoms with van der Waals surface area (Å²) in [5, 5.41) is 18.7. The molecule has 1 unspecified atom stereocenters. The van der Waals surface area contributed by atoms with E-state index in [-0.39, 0.29) is 17.3 Å². The minimum absolute atomic E-state index is 0.107. The SMILES string of the molecule is CC(C)(C1=CCC(O)C=C1)c1ccc(O)cc1. The van der Waals surface area contributed by atoms with Gasteiger partial charge in [-0.15, -0.1) is 0 Å². The quantitative estimate of drug-likeness (QED) is 0.820. The number of hydrogen-bond acceptors (Lipinski definition) is 2. The molecule has 1 aliphatic rings. The number of aromatic hydroxyl groups is 1. The van der Waals surface area contributed by atoms with Gasteiger partial charge in [0.1, 0.15) is 5.75 Å². The second kappa shape index (κ2) is 4.38. The molecule has 0 radical (unpaired) electrons. The van der Waals surface area contributed by atoms with Crippen molar-refractivity contribution >= 4 is 0 Å². The first-order valence-electron chi connectivity index (χ1n) is 5.86. The highest BCUT2D eigenvalue weighted by Crippen LogP contribution is 2.34. The summed E-state index contributed by atoms with van der Waals surface area (Å²) >= 11 is 0. The molecule has 2 heteroatoms. The molecule has 0 spiro atoms. The molecule has 0 heterocycles. The van der Waals surface area contributed by atoms with Crippen molar-refractivity contribution in [3.05, 3.63) is 53.6 Å². The van der Waals surface area contributed by atoms with E-state index in [2.05, 4.69) is 19.9 Å². The summed E-state index contributed by atoms with van der Waals surface area (Å²) in [5.41, 5.74) is 2.25. The third-order valence-electron chi connectivity index (χ3n) is 3.39. The van der Waals surface area contributed by atoms with Crippen LogP contribution in [0.15, 0.2) is 48.1 Å². The summed E-state index contributed by atoms with van der Waals surface area (Å²) in [5.74, 6) is 0.285. The Morgan fingerprint density at radius 3 is 2.35 bits per heavy atom. The van der Waals surface area contributed by atoms with Gasteiger partial charge in [0.15, 0.2) is 0 Å². The number of phenolic OH excluding ortho intramolecular Hbond substituents is 1. The summed E-state index contributed by atoms with van der Waals surface area (Å²) in [7, 11) is 0. The third kappa shape index (κ3) is 2.42. The van der Waals surface area contributed by atoms with Crippen molar-refractivity contribution < 1.29 is 10.2 Å². The lowest BCUT2D eigenvalue weighted by Crippen LogP contribution is -2.21. The van der Waals surface area contributed by atoms with Crippen LogP contribution in [0.1, 0.15) is 25.8 Å². The minimum Gasteiger partial charge on any atom is -0.508 e. The van der Waals surface area contributed by atoms with Crippen LogP contribution in [0, 0.1) is 0 Å². The lowest BCUT2D eigenvalue weighted by atomic mass is 9.76. The van der Waals surface area contributed by atoms with E-state index in [0.717, 1.165) is 5.56 Å². The topological polar surface area (TPSA) is 40.5 Å². The molecule has 17 heavy (non-hydrogen) atoms. The maximum atomic E-state index is 9.44. The molecule has 2 nitrogen and oxygen atoms in total. The zero-order valence-corrected chi connectivity index (χ0v) is 10.2. The van der Waals surface area contributed by atoms with Gasteiger partial charge in [-0.2, -0.15) is 0 Å². The van der Waals surface area contributed by atoms with Crippen LogP contribution in [0.25, 0.3) is 0 Å². The van der Waals surface area contributed by atoms with Crippen molar-refractivity contribution in [2.75, 3.05) is 0 Å². The number of aliphatic hydroxyl groups is 1. The average molecular weight is 230 g/mol. The Hall–Kier alpha value is -1.54. The Labute approximate surface area is 102 Å². The maximum absolute atomic E-state index is 9.44. The standard InChI is InChI=1S/C15H18O2/c1-15(2,11-3-7-13(16)8-4-11)12-5-9-14(17)10-6-12/h3-9,14,16-17H,10H2,1-2H3. The van der Waals surface area contributed by atoms with Gasteiger partial charge in [0.2, 0.25) is 0 Å². The highest BCUT2D eigenvalue weighted by atomic mass is 16.3. The van der Waals surface area contributed by atoms with Crippen LogP contribution in [0.4, 0.5) is 0 Å². The van der Waals surface area contributed by atoms with Crippen LogP contribution in [0.2, 0.25) is 0 Å². The summed E-state index contributed by atoms with van der Waals surface area (Å²) < 4.78 is 0. The second-order valence-electron chi connectivity index (χ2n) is 4.99. The first-order chi connectivity index (χ1) is 8.00. The molecule has 1 atom stereocenters. The fourth-order valence-corrected chi connectivity index (χ4v) is 2.12. The molecule has 0 amide bonds. The number of allylic oxidation sites excluding steroid dienone is 2. The monoisotopic (exact) mass is 230 g/mol. The first kappa shape index (κ1) is 11.9. The van der Waals surface area contributed by atoms with Gasteiger partial charge in [-0.05, 0) is 29.7 Å². The summed E-state index contributed by atoms with van der Waals surface area (Å²) in [4.78, 5) is 0. The number of aliphatic hydroxyl groups excluding tert-OH is 1. The molecule has 0 aromatic heterocycles. The van der Waals surface area contributed by atoms with Gasteiger partial charge >= 0.3 is 0 Å². The Kier molecular flexibility index (Phi) is 3.07. The molecule has 0 saturated carbocycles. The molecular formula is C15H18O2. The van der Waals surface area contributed by atoms with E-state index in [0.29, 0.717) is 6.42 Å². The Morgan fingerprint density at radius 2 is 1.82 bits per heavy atom. The van der Waals surface area contributed by atoms with Crippen molar-refractivity contribution in [1.82, 2.24) is 0 Å². The van der Waals surface area contributed by atoms with E-state index in [1.165, 1.54) is 5.57 Å². The van der Waals surface area contributed by atoms with Crippen molar-refractivity contribution in [2.45, 2.75) is 31.8 Å². The number of rotatable bonds is 2. The molecule has 2 rings (SSSR count). The van der Waals surface area contributed by atoms with Gasteiger partial charge in [0.25, 0.3) is 0 Å². The normalized spacial score (nSPS) is 20.2. The molecule has 1 aromatic carbocycles. The van der Waals surface area contributed by atoms with Gasteiger partial charge in [-0.3, -0.25) is 0 Å². The fourth-order valence-electron chi connectivity index (χ4n) is 2.12. The predicted octanol–water partition coefficient (Wildman–Crippen LogP) is 2.92. The number of benzene rings is 1. The smallest absolute Gasteiger partial charge is 0.115 e. The fraction of sp³-hybridized carbons (Fsp3) is 0.333. The lowest BCUT2D eigenvalue weighted by molar-refractivity contribution is 0.224. The van der Waals surface area contributed by atoms with Gasteiger partial charge in [-0.25, -0.2) is 0 Å². The van der Waals surface area contributed by atoms with Crippen LogP contribution in [-0.4, -0.2) is 16.3 Å². The predicted molar refractivity (Wildman–Crippen MR) is 69.0 cm³/mol. The van der Waals surface area contributed by atoms with Crippen molar-refractivity contribution in [3.8, 4) is 5.75 Å². The van der Waals surface area contributed by atoms with E-state index in [9.17, 15) is 10.2 Å². The van der Waals surface area contributed by atoms with E-state index in [1.807, 2.05) is 24.3 Å². The van der Waals surface area contributed by atoms with E-state index in [1.54, 1.807) is 12.1 Å². The van der Waals surface area contributed by atoms with Gasteiger partial charge in [0, 0.05) is 5.41 Å². The zero-order chi connectivity index (χ0) is 12.5. The van der Waals surface area contributed by atoms with Crippen LogP contribution in [-0.2, 0) is 5.41 Å². The van der Waals surface area contributed by atoms with Gasteiger partial charge in [-0.1, -0.05) is 44.2 Å². The molecule has 0 aliphatic heterocycles. The molecule has 0 bridgehead atoms. The highest BCUT2D eigenvalue weighted by molar-refractivity contribution is 5.43. The molecule has 2 N–H and O–H groups in total. The molecule has 0 fully saturated rings. The summed E-state index contributed by atoms with van der Waals surface area (Å²) in [6.45, 7) is 4.29. The molecular weight excluding hydrogens is 212 g/mol. The van der Waals surface area contributed by atoms with Crippen LogP contribution in [0.3, 0.4) is 0 Å². The zero-order valence-electron chi connectivity index (χ0n) is 10.2. The van der Waals surface area contributed by atoms with E-state index in [4.69, 9.17) is 0 Å². The number of hydrogen-bond donors (Lipinski definition) is 2. The van der Waals surface area contributed by atoms with Gasteiger partial charge < -0.3 is 10.2 Å². The van der Waals surface area contributed by atoms with Crippen LogP contribution in [0.5, 0.6) is 5.75 Å². The van der Waals surface area contributed by atoms with Crippen LogP contribution >= 0.6 is 0 Å². The van der Waals surface area contributed by atoms with Crippen LogP contribution < -0.4 is 0 Å². The first-order valence-corrected chi connectivity index (χ1v) is 5.86. The maximum Gasteiger partial charge on any atom is 0.115 e. The molecule has 1 aromatic rings. The lowest BCUT2D eigenvalue weighted by Gasteiger charge is -2.29. The summed E-state index contributed by atoms with van der Waals surface area (Å²) in [6.07, 6.45) is 6.22. The Morgan fingerprint density at radius 1 is 1.18 bits per heavy atom.